The van der Waals surface area contributed by atoms with Crippen LogP contribution in [0.2, 0.25) is 0 Å². The molecule has 3 N–H and O–H groups in total. The lowest BCUT2D eigenvalue weighted by Crippen LogP contribution is -2.27. The van der Waals surface area contributed by atoms with Crippen molar-refractivity contribution in [2.45, 2.75) is 39.2 Å². The molecule has 0 saturated heterocycles. The van der Waals surface area contributed by atoms with Gasteiger partial charge in [-0.3, -0.25) is 4.79 Å². The van der Waals surface area contributed by atoms with Crippen molar-refractivity contribution in [1.29, 1.82) is 0 Å². The van der Waals surface area contributed by atoms with E-state index in [0.29, 0.717) is 18.9 Å². The van der Waals surface area contributed by atoms with Gasteiger partial charge in [-0.2, -0.15) is 0 Å². The first kappa shape index (κ1) is 16.2. The molecule has 0 aromatic heterocycles. The summed E-state index contributed by atoms with van der Waals surface area (Å²) >= 11 is 3.50. The van der Waals surface area contributed by atoms with E-state index in [2.05, 4.69) is 28.2 Å². The van der Waals surface area contributed by atoms with E-state index in [9.17, 15) is 4.79 Å². The van der Waals surface area contributed by atoms with Gasteiger partial charge in [-0.1, -0.05) is 41.1 Å². The largest absolute Gasteiger partial charge is 0.350 e. The van der Waals surface area contributed by atoms with E-state index < -0.39 is 0 Å². The maximum atomic E-state index is 11.9. The zero-order valence-corrected chi connectivity index (χ0v) is 13.2. The normalized spacial score (nSPS) is 13.9. The predicted molar refractivity (Wildman–Crippen MR) is 82.8 cm³/mol. The van der Waals surface area contributed by atoms with Crippen molar-refractivity contribution in [3.8, 4) is 0 Å². The fourth-order valence-corrected chi connectivity index (χ4v) is 2.65. The molecular weight excluding hydrogens is 304 g/mol. The summed E-state index contributed by atoms with van der Waals surface area (Å²) in [6, 6.07) is 7.98. The van der Waals surface area contributed by atoms with Crippen LogP contribution in [0, 0.1) is 5.92 Å². The Hall–Kier alpha value is -0.870. The smallest absolute Gasteiger partial charge is 0.220 e. The van der Waals surface area contributed by atoms with Gasteiger partial charge in [0.1, 0.15) is 0 Å². The number of carbonyl (C=O) groups is 1. The molecule has 2 unspecified atom stereocenters. The third-order valence-corrected chi connectivity index (χ3v) is 4.00. The van der Waals surface area contributed by atoms with Gasteiger partial charge in [0.15, 0.2) is 0 Å². The Balaban J connectivity index is 2.42. The van der Waals surface area contributed by atoms with Gasteiger partial charge >= 0.3 is 0 Å². The molecule has 0 heterocycles. The molecule has 0 bridgehead atoms. The van der Waals surface area contributed by atoms with Crippen molar-refractivity contribution in [2.75, 3.05) is 6.54 Å². The van der Waals surface area contributed by atoms with Crippen LogP contribution in [0.15, 0.2) is 28.7 Å². The molecular formula is C15H23BrN2O. The lowest BCUT2D eigenvalue weighted by Gasteiger charge is -2.16. The second-order valence-corrected chi connectivity index (χ2v) is 5.89. The number of benzene rings is 1. The number of halogens is 1. The van der Waals surface area contributed by atoms with Crippen LogP contribution in [0.5, 0.6) is 0 Å². The van der Waals surface area contributed by atoms with E-state index in [1.165, 1.54) is 0 Å². The van der Waals surface area contributed by atoms with Crippen LogP contribution in [-0.4, -0.2) is 12.5 Å². The van der Waals surface area contributed by atoms with Crippen molar-refractivity contribution in [3.63, 3.8) is 0 Å². The quantitative estimate of drug-likeness (QED) is 0.806. The highest BCUT2D eigenvalue weighted by molar-refractivity contribution is 9.10. The summed E-state index contributed by atoms with van der Waals surface area (Å²) in [6.45, 7) is 4.83. The van der Waals surface area contributed by atoms with Gasteiger partial charge in [-0.05, 0) is 43.9 Å². The maximum absolute atomic E-state index is 11.9. The molecule has 0 radical (unpaired) electrons. The van der Waals surface area contributed by atoms with Gasteiger partial charge in [0.05, 0.1) is 6.04 Å². The van der Waals surface area contributed by atoms with Gasteiger partial charge in [-0.25, -0.2) is 0 Å². The number of nitrogens with one attached hydrogen (secondary N) is 1. The van der Waals surface area contributed by atoms with Crippen molar-refractivity contribution in [1.82, 2.24) is 5.32 Å². The number of rotatable bonds is 7. The minimum absolute atomic E-state index is 0.0212. The van der Waals surface area contributed by atoms with E-state index in [0.717, 1.165) is 22.9 Å². The van der Waals surface area contributed by atoms with Crippen LogP contribution >= 0.6 is 15.9 Å². The van der Waals surface area contributed by atoms with E-state index in [4.69, 9.17) is 5.73 Å². The van der Waals surface area contributed by atoms with E-state index in [1.54, 1.807) is 0 Å². The summed E-state index contributed by atoms with van der Waals surface area (Å²) < 4.78 is 1.03. The van der Waals surface area contributed by atoms with Crippen LogP contribution in [0.1, 0.15) is 44.7 Å². The molecule has 4 heteroatoms. The minimum Gasteiger partial charge on any atom is -0.350 e. The second kappa shape index (κ2) is 8.33. The highest BCUT2D eigenvalue weighted by atomic mass is 79.9. The molecule has 1 amide bonds. The van der Waals surface area contributed by atoms with Crippen LogP contribution < -0.4 is 11.1 Å². The Morgan fingerprint density at radius 3 is 2.63 bits per heavy atom. The first-order chi connectivity index (χ1) is 9.04. The fraction of sp³-hybridized carbons (Fsp3) is 0.533. The summed E-state index contributed by atoms with van der Waals surface area (Å²) in [5.41, 5.74) is 6.61. The Morgan fingerprint density at radius 1 is 1.32 bits per heavy atom. The van der Waals surface area contributed by atoms with Crippen molar-refractivity contribution in [3.05, 3.63) is 34.3 Å². The Kier molecular flexibility index (Phi) is 7.10. The van der Waals surface area contributed by atoms with Gasteiger partial charge in [0, 0.05) is 10.9 Å². The number of nitrogens with two attached hydrogens (primary N) is 1. The SMILES string of the molecule is CC(CCN)CCC(=O)NC(C)c1ccccc1Br. The summed E-state index contributed by atoms with van der Waals surface area (Å²) in [4.78, 5) is 11.9. The molecule has 19 heavy (non-hydrogen) atoms. The lowest BCUT2D eigenvalue weighted by molar-refractivity contribution is -0.122. The summed E-state index contributed by atoms with van der Waals surface area (Å²) in [7, 11) is 0. The van der Waals surface area contributed by atoms with Gasteiger partial charge in [0.25, 0.3) is 0 Å². The van der Waals surface area contributed by atoms with Crippen LogP contribution in [0.3, 0.4) is 0 Å². The van der Waals surface area contributed by atoms with E-state index in [-0.39, 0.29) is 11.9 Å². The standard InChI is InChI=1S/C15H23BrN2O/c1-11(9-10-17)7-8-15(19)18-12(2)13-5-3-4-6-14(13)16/h3-6,11-12H,7-10,17H2,1-2H3,(H,18,19). The average Bonchev–Trinajstić information content (AvgIpc) is 2.37. The van der Waals surface area contributed by atoms with Crippen LogP contribution in [0.4, 0.5) is 0 Å². The lowest BCUT2D eigenvalue weighted by atomic mass is 10.0. The summed E-state index contributed by atoms with van der Waals surface area (Å²) in [5.74, 6) is 0.613. The molecule has 0 aliphatic carbocycles. The third kappa shape index (κ3) is 5.74. The molecule has 3 nitrogen and oxygen atoms in total. The Labute approximate surface area is 124 Å². The minimum atomic E-state index is 0.0212. The molecule has 1 aromatic rings. The predicted octanol–water partition coefficient (Wildman–Crippen LogP) is 3.39. The summed E-state index contributed by atoms with van der Waals surface area (Å²) in [5, 5.41) is 3.03. The summed E-state index contributed by atoms with van der Waals surface area (Å²) in [6.07, 6.45) is 2.44. The number of hydrogen-bond acceptors (Lipinski definition) is 2. The molecule has 2 atom stereocenters. The van der Waals surface area contributed by atoms with Gasteiger partial charge < -0.3 is 11.1 Å². The number of hydrogen-bond donors (Lipinski definition) is 2. The number of carbonyl (C=O) groups excluding carboxylic acids is 1. The Bertz CT molecular complexity index is 409. The molecule has 0 saturated carbocycles. The highest BCUT2D eigenvalue weighted by Crippen LogP contribution is 2.22. The van der Waals surface area contributed by atoms with Crippen molar-refractivity contribution in [2.24, 2.45) is 11.7 Å². The molecule has 1 aromatic carbocycles. The third-order valence-electron chi connectivity index (χ3n) is 3.27. The molecule has 0 fully saturated rings. The first-order valence-corrected chi connectivity index (χ1v) is 7.57. The van der Waals surface area contributed by atoms with E-state index in [1.807, 2.05) is 31.2 Å². The molecule has 0 aliphatic heterocycles. The van der Waals surface area contributed by atoms with Crippen molar-refractivity contribution >= 4 is 21.8 Å². The molecule has 1 rings (SSSR count). The van der Waals surface area contributed by atoms with Gasteiger partial charge in [-0.15, -0.1) is 0 Å². The van der Waals surface area contributed by atoms with Crippen LogP contribution in [-0.2, 0) is 4.79 Å². The van der Waals surface area contributed by atoms with Crippen LogP contribution in [0.25, 0.3) is 0 Å². The second-order valence-electron chi connectivity index (χ2n) is 5.03. The monoisotopic (exact) mass is 326 g/mol. The molecule has 0 aliphatic rings. The highest BCUT2D eigenvalue weighted by Gasteiger charge is 2.12. The Morgan fingerprint density at radius 2 is 2.00 bits per heavy atom. The first-order valence-electron chi connectivity index (χ1n) is 6.78. The molecule has 0 spiro atoms. The topological polar surface area (TPSA) is 55.1 Å². The zero-order valence-electron chi connectivity index (χ0n) is 11.7. The maximum Gasteiger partial charge on any atom is 0.220 e. The van der Waals surface area contributed by atoms with E-state index >= 15 is 0 Å². The van der Waals surface area contributed by atoms with Gasteiger partial charge in [0.2, 0.25) is 5.91 Å². The fourth-order valence-electron chi connectivity index (χ4n) is 2.02. The average molecular weight is 327 g/mol. The van der Waals surface area contributed by atoms with Crippen molar-refractivity contribution < 1.29 is 4.79 Å². The number of amides is 1. The zero-order chi connectivity index (χ0) is 14.3. The molecule has 106 valence electrons.